The molecule has 6 heteroatoms. The predicted molar refractivity (Wildman–Crippen MR) is 112 cm³/mol. The zero-order valence-electron chi connectivity index (χ0n) is 16.2. The summed E-state index contributed by atoms with van der Waals surface area (Å²) in [5, 5.41) is 1.76. The van der Waals surface area contributed by atoms with Gasteiger partial charge in [-0.1, -0.05) is 35.9 Å². The number of methoxy groups -OCH3 is 1. The quantitative estimate of drug-likeness (QED) is 0.672. The van der Waals surface area contributed by atoms with Gasteiger partial charge in [-0.15, -0.1) is 0 Å². The molecule has 0 bridgehead atoms. The van der Waals surface area contributed by atoms with Crippen LogP contribution in [0.15, 0.2) is 48.5 Å². The van der Waals surface area contributed by atoms with Crippen LogP contribution in [0.5, 0.6) is 5.75 Å². The molecule has 3 aromatic rings. The molecule has 5 nitrogen and oxygen atoms in total. The molecule has 0 unspecified atom stereocenters. The van der Waals surface area contributed by atoms with Gasteiger partial charge in [-0.3, -0.25) is 9.69 Å². The van der Waals surface area contributed by atoms with Crippen molar-refractivity contribution in [3.8, 4) is 5.75 Å². The van der Waals surface area contributed by atoms with Crippen LogP contribution in [0.25, 0.3) is 10.9 Å². The number of hydrogen-bond acceptors (Lipinski definition) is 3. The van der Waals surface area contributed by atoms with E-state index in [1.165, 1.54) is 0 Å². The Bertz CT molecular complexity index is 1010. The molecule has 0 radical (unpaired) electrons. The number of fused-ring (bicyclic) bond motifs is 1. The summed E-state index contributed by atoms with van der Waals surface area (Å²) in [6, 6.07) is 15.8. The van der Waals surface area contributed by atoms with Crippen molar-refractivity contribution in [1.29, 1.82) is 0 Å². The largest absolute Gasteiger partial charge is 0.496 e. The summed E-state index contributed by atoms with van der Waals surface area (Å²) in [6.07, 6.45) is 0. The van der Waals surface area contributed by atoms with Crippen LogP contribution in [0.3, 0.4) is 0 Å². The van der Waals surface area contributed by atoms with Crippen LogP contribution in [-0.2, 0) is 13.6 Å². The molecular formula is C22H24ClN3O2. The van der Waals surface area contributed by atoms with E-state index >= 15 is 0 Å². The molecule has 1 aromatic heterocycles. The van der Waals surface area contributed by atoms with Gasteiger partial charge in [0.25, 0.3) is 5.91 Å². The van der Waals surface area contributed by atoms with Crippen LogP contribution in [0.4, 0.5) is 0 Å². The molecule has 2 aromatic carbocycles. The van der Waals surface area contributed by atoms with Crippen LogP contribution in [0, 0.1) is 0 Å². The van der Waals surface area contributed by atoms with Crippen LogP contribution >= 0.6 is 11.6 Å². The number of aromatic nitrogens is 1. The second-order valence-corrected chi connectivity index (χ2v) is 7.55. The first-order valence-electron chi connectivity index (χ1n) is 9.46. The van der Waals surface area contributed by atoms with Gasteiger partial charge < -0.3 is 14.2 Å². The van der Waals surface area contributed by atoms with E-state index in [1.807, 2.05) is 59.0 Å². The minimum absolute atomic E-state index is 0.0677. The monoisotopic (exact) mass is 397 g/mol. The van der Waals surface area contributed by atoms with Crippen molar-refractivity contribution in [3.05, 3.63) is 64.8 Å². The number of rotatable bonds is 4. The lowest BCUT2D eigenvalue weighted by Gasteiger charge is -2.35. The van der Waals surface area contributed by atoms with Crippen molar-refractivity contribution < 1.29 is 9.53 Å². The van der Waals surface area contributed by atoms with Crippen molar-refractivity contribution in [2.24, 2.45) is 7.05 Å². The lowest BCUT2D eigenvalue weighted by Crippen LogP contribution is -2.48. The van der Waals surface area contributed by atoms with Crippen molar-refractivity contribution in [2.75, 3.05) is 33.3 Å². The number of aryl methyl sites for hydroxylation is 1. The summed E-state index contributed by atoms with van der Waals surface area (Å²) in [5.41, 5.74) is 2.82. The minimum Gasteiger partial charge on any atom is -0.496 e. The third kappa shape index (κ3) is 3.48. The first-order valence-corrected chi connectivity index (χ1v) is 9.83. The first-order chi connectivity index (χ1) is 13.6. The van der Waals surface area contributed by atoms with E-state index in [9.17, 15) is 4.79 Å². The summed E-state index contributed by atoms with van der Waals surface area (Å²) >= 11 is 6.28. The molecule has 1 aliphatic rings. The van der Waals surface area contributed by atoms with Crippen molar-refractivity contribution >= 4 is 28.4 Å². The fourth-order valence-corrected chi connectivity index (χ4v) is 4.05. The van der Waals surface area contributed by atoms with Crippen LogP contribution < -0.4 is 4.74 Å². The molecule has 0 aliphatic carbocycles. The number of halogens is 1. The van der Waals surface area contributed by atoms with Gasteiger partial charge in [0.1, 0.15) is 11.4 Å². The van der Waals surface area contributed by atoms with Crippen LogP contribution in [0.2, 0.25) is 5.02 Å². The molecule has 0 spiro atoms. The molecule has 1 saturated heterocycles. The summed E-state index contributed by atoms with van der Waals surface area (Å²) in [5.74, 6) is 0.856. The maximum Gasteiger partial charge on any atom is 0.270 e. The van der Waals surface area contributed by atoms with E-state index in [4.69, 9.17) is 16.3 Å². The molecule has 28 heavy (non-hydrogen) atoms. The highest BCUT2D eigenvalue weighted by Crippen LogP contribution is 2.29. The molecule has 4 rings (SSSR count). The lowest BCUT2D eigenvalue weighted by atomic mass is 10.2. The third-order valence-corrected chi connectivity index (χ3v) is 5.87. The van der Waals surface area contributed by atoms with Gasteiger partial charge in [0.15, 0.2) is 0 Å². The molecule has 0 atom stereocenters. The average molecular weight is 398 g/mol. The van der Waals surface area contributed by atoms with Gasteiger partial charge in [0.05, 0.1) is 12.6 Å². The fraction of sp³-hybridized carbons (Fsp3) is 0.318. The summed E-state index contributed by atoms with van der Waals surface area (Å²) in [4.78, 5) is 17.4. The molecule has 1 amide bonds. The number of piperazine rings is 1. The first kappa shape index (κ1) is 18.8. The Labute approximate surface area is 170 Å². The van der Waals surface area contributed by atoms with Gasteiger partial charge >= 0.3 is 0 Å². The third-order valence-electron chi connectivity index (χ3n) is 5.50. The Morgan fingerprint density at radius 2 is 1.82 bits per heavy atom. The zero-order valence-corrected chi connectivity index (χ0v) is 16.9. The smallest absolute Gasteiger partial charge is 0.270 e. The van der Waals surface area contributed by atoms with E-state index in [-0.39, 0.29) is 5.91 Å². The number of ether oxygens (including phenoxy) is 1. The van der Waals surface area contributed by atoms with E-state index < -0.39 is 0 Å². The molecule has 0 saturated carbocycles. The topological polar surface area (TPSA) is 37.7 Å². The molecule has 146 valence electrons. The van der Waals surface area contributed by atoms with Gasteiger partial charge in [-0.25, -0.2) is 0 Å². The normalized spacial score (nSPS) is 15.2. The highest BCUT2D eigenvalue weighted by Gasteiger charge is 2.25. The summed E-state index contributed by atoms with van der Waals surface area (Å²) < 4.78 is 7.40. The van der Waals surface area contributed by atoms with E-state index in [0.29, 0.717) is 18.8 Å². The van der Waals surface area contributed by atoms with Crippen molar-refractivity contribution in [3.63, 3.8) is 0 Å². The van der Waals surface area contributed by atoms with E-state index in [2.05, 4.69) is 11.0 Å². The van der Waals surface area contributed by atoms with Crippen LogP contribution in [0.1, 0.15) is 16.1 Å². The average Bonchev–Trinajstić information content (AvgIpc) is 3.06. The number of carbonyl (C=O) groups is 1. The highest BCUT2D eigenvalue weighted by molar-refractivity contribution is 6.31. The van der Waals surface area contributed by atoms with Gasteiger partial charge in [0.2, 0.25) is 0 Å². The van der Waals surface area contributed by atoms with Crippen molar-refractivity contribution in [2.45, 2.75) is 6.54 Å². The highest BCUT2D eigenvalue weighted by atomic mass is 35.5. The number of benzene rings is 2. The predicted octanol–water partition coefficient (Wildman–Crippen LogP) is 3.80. The Balaban J connectivity index is 1.46. The number of carbonyl (C=O) groups excluding carboxylic acids is 1. The Hall–Kier alpha value is -2.50. The minimum atomic E-state index is 0.0677. The number of amides is 1. The van der Waals surface area contributed by atoms with Crippen molar-refractivity contribution in [1.82, 2.24) is 14.4 Å². The van der Waals surface area contributed by atoms with Gasteiger partial charge in [0, 0.05) is 50.2 Å². The number of nitrogens with zero attached hydrogens (tertiary/aromatic N) is 3. The fourth-order valence-electron chi connectivity index (χ4n) is 3.86. The second-order valence-electron chi connectivity index (χ2n) is 7.14. The molecular weight excluding hydrogens is 374 g/mol. The van der Waals surface area contributed by atoms with E-state index in [0.717, 1.165) is 46.9 Å². The zero-order chi connectivity index (χ0) is 19.7. The molecule has 1 aliphatic heterocycles. The molecule has 1 fully saturated rings. The SMILES string of the molecule is COc1cccc2c1cc(C(=O)N1CCN(Cc3ccccc3Cl)CC1)n2C. The second kappa shape index (κ2) is 7.86. The van der Waals surface area contributed by atoms with E-state index in [1.54, 1.807) is 7.11 Å². The lowest BCUT2D eigenvalue weighted by molar-refractivity contribution is 0.0619. The van der Waals surface area contributed by atoms with Gasteiger partial charge in [-0.2, -0.15) is 0 Å². The molecule has 0 N–H and O–H groups in total. The maximum atomic E-state index is 13.1. The standard InChI is InChI=1S/C22H24ClN3O2/c1-24-19-8-5-9-21(28-2)17(19)14-20(24)22(27)26-12-10-25(11-13-26)15-16-6-3-4-7-18(16)23/h3-9,14H,10-13,15H2,1-2H3. The maximum absolute atomic E-state index is 13.1. The summed E-state index contributed by atoms with van der Waals surface area (Å²) in [6.45, 7) is 3.91. The Morgan fingerprint density at radius 1 is 1.07 bits per heavy atom. The molecule has 2 heterocycles. The van der Waals surface area contributed by atoms with Crippen LogP contribution in [-0.4, -0.2) is 53.6 Å². The van der Waals surface area contributed by atoms with Gasteiger partial charge in [-0.05, 0) is 29.8 Å². The Kier molecular flexibility index (Phi) is 5.29. The Morgan fingerprint density at radius 3 is 2.54 bits per heavy atom. The summed E-state index contributed by atoms with van der Waals surface area (Å²) in [7, 11) is 3.59. The number of hydrogen-bond donors (Lipinski definition) is 0.